The molecule has 2 N–H and O–H groups in total. The number of aromatic hydroxyl groups is 1. The molecule has 6 heteroatoms. The molecule has 2 saturated heterocycles. The highest BCUT2D eigenvalue weighted by atomic mass is 16.3. The van der Waals surface area contributed by atoms with E-state index in [1.54, 1.807) is 0 Å². The first kappa shape index (κ1) is 21.6. The number of nitrogens with zero attached hydrogens (tertiary/aromatic N) is 4. The third-order valence-electron chi connectivity index (χ3n) is 9.26. The van der Waals surface area contributed by atoms with Crippen LogP contribution in [0, 0.1) is 19.8 Å². The van der Waals surface area contributed by atoms with Crippen molar-refractivity contribution in [2.75, 3.05) is 32.7 Å². The van der Waals surface area contributed by atoms with Gasteiger partial charge in [-0.15, -0.1) is 0 Å². The van der Waals surface area contributed by atoms with Gasteiger partial charge in [0.15, 0.2) is 0 Å². The Morgan fingerprint density at radius 3 is 2.61 bits per heavy atom. The van der Waals surface area contributed by atoms with E-state index in [1.807, 2.05) is 23.9 Å². The Morgan fingerprint density at radius 1 is 1.06 bits per heavy atom. The molecule has 33 heavy (non-hydrogen) atoms. The van der Waals surface area contributed by atoms with Crippen LogP contribution in [-0.2, 0) is 18.4 Å². The average molecular weight is 451 g/mol. The van der Waals surface area contributed by atoms with Crippen molar-refractivity contribution >= 4 is 0 Å². The lowest BCUT2D eigenvalue weighted by Crippen LogP contribution is -2.71. The zero-order chi connectivity index (χ0) is 22.8. The Balaban J connectivity index is 1.33. The van der Waals surface area contributed by atoms with Gasteiger partial charge in [0.1, 0.15) is 5.75 Å². The van der Waals surface area contributed by atoms with Crippen molar-refractivity contribution in [2.24, 2.45) is 5.92 Å². The Morgan fingerprint density at radius 2 is 1.85 bits per heavy atom. The summed E-state index contributed by atoms with van der Waals surface area (Å²) >= 11 is 0. The van der Waals surface area contributed by atoms with Crippen LogP contribution < -0.4 is 0 Å². The molecule has 4 aliphatic rings. The maximum absolute atomic E-state index is 12.6. The third-order valence-corrected chi connectivity index (χ3v) is 9.26. The molecule has 2 aliphatic carbocycles. The first-order valence-electron chi connectivity index (χ1n) is 12.9. The molecule has 0 spiro atoms. The lowest BCUT2D eigenvalue weighted by molar-refractivity contribution is -0.149. The molecule has 1 aromatic heterocycles. The van der Waals surface area contributed by atoms with Gasteiger partial charge in [-0.2, -0.15) is 5.10 Å². The topological polar surface area (TPSA) is 64.8 Å². The molecule has 178 valence electrons. The van der Waals surface area contributed by atoms with Crippen LogP contribution in [0.2, 0.25) is 0 Å². The molecule has 1 aromatic carbocycles. The van der Waals surface area contributed by atoms with Crippen LogP contribution in [0.5, 0.6) is 5.75 Å². The molecular weight excluding hydrogens is 412 g/mol. The molecule has 6 nitrogen and oxygen atoms in total. The number of phenolic OH excluding ortho intramolecular Hbond substituents is 1. The Kier molecular flexibility index (Phi) is 5.13. The summed E-state index contributed by atoms with van der Waals surface area (Å²) in [5, 5.41) is 27.7. The summed E-state index contributed by atoms with van der Waals surface area (Å²) in [6.45, 7) is 10.0. The van der Waals surface area contributed by atoms with Crippen LogP contribution in [0.15, 0.2) is 24.5 Å². The number of phenols is 1. The predicted octanol–water partition coefficient (Wildman–Crippen LogP) is 3.01. The smallest absolute Gasteiger partial charge is 0.118 e. The maximum Gasteiger partial charge on any atom is 0.118 e. The summed E-state index contributed by atoms with van der Waals surface area (Å²) in [5.74, 6) is 1.20. The molecule has 0 unspecified atom stereocenters. The second kappa shape index (κ2) is 7.82. The van der Waals surface area contributed by atoms with E-state index in [4.69, 9.17) is 0 Å². The molecule has 3 atom stereocenters. The van der Waals surface area contributed by atoms with E-state index in [-0.39, 0.29) is 11.5 Å². The fourth-order valence-corrected chi connectivity index (χ4v) is 7.15. The molecule has 0 amide bonds. The van der Waals surface area contributed by atoms with Gasteiger partial charge in [-0.05, 0) is 99.7 Å². The lowest BCUT2D eigenvalue weighted by atomic mass is 9.52. The number of aromatic nitrogens is 2. The summed E-state index contributed by atoms with van der Waals surface area (Å²) in [6, 6.07) is 4.38. The molecular formula is C27H38N4O2. The minimum Gasteiger partial charge on any atom is -0.508 e. The molecule has 1 saturated carbocycles. The highest BCUT2D eigenvalue weighted by molar-refractivity contribution is 5.51. The van der Waals surface area contributed by atoms with Crippen molar-refractivity contribution in [1.82, 2.24) is 19.6 Å². The Bertz CT molecular complexity index is 1050. The SMILES string of the molecule is Cc1cnn(CCN2CC[C@]34CCN(CC5CC5)[C@H](Cc5cc(C)c(O)cc53)[C@]4(O)CC2)c1. The van der Waals surface area contributed by atoms with Gasteiger partial charge in [-0.3, -0.25) is 9.58 Å². The Labute approximate surface area is 197 Å². The highest BCUT2D eigenvalue weighted by Crippen LogP contribution is 2.57. The monoisotopic (exact) mass is 450 g/mol. The van der Waals surface area contributed by atoms with Gasteiger partial charge in [0.05, 0.1) is 18.3 Å². The van der Waals surface area contributed by atoms with Crippen molar-refractivity contribution in [3.05, 3.63) is 46.8 Å². The molecule has 6 rings (SSSR count). The predicted molar refractivity (Wildman–Crippen MR) is 129 cm³/mol. The van der Waals surface area contributed by atoms with Gasteiger partial charge in [0.25, 0.3) is 0 Å². The van der Waals surface area contributed by atoms with E-state index < -0.39 is 5.60 Å². The molecule has 2 aromatic rings. The van der Waals surface area contributed by atoms with Crippen molar-refractivity contribution in [3.63, 3.8) is 0 Å². The van der Waals surface area contributed by atoms with Gasteiger partial charge >= 0.3 is 0 Å². The number of hydrogen-bond acceptors (Lipinski definition) is 5. The number of aliphatic hydroxyl groups is 1. The second-order valence-corrected chi connectivity index (χ2v) is 11.3. The number of likely N-dealkylation sites (tertiary alicyclic amines) is 2. The van der Waals surface area contributed by atoms with Crippen LogP contribution in [0.1, 0.15) is 54.4 Å². The standard InChI is InChI=1S/C27H38N4O2/c1-19-16-28-31(17-19)12-11-29-8-5-26-6-10-30(18-21-3-4-21)25(27(26,33)7-9-29)14-22-13-20(2)24(32)15-23(22)26/h13,15-17,21,25,32-33H,3-12,14,18H2,1-2H3/t25-,26+,27-/m1/s1. The fraction of sp³-hybridized carbons (Fsp3) is 0.667. The van der Waals surface area contributed by atoms with Gasteiger partial charge in [0.2, 0.25) is 0 Å². The van der Waals surface area contributed by atoms with Crippen LogP contribution >= 0.6 is 0 Å². The van der Waals surface area contributed by atoms with E-state index in [0.717, 1.165) is 76.4 Å². The summed E-state index contributed by atoms with van der Waals surface area (Å²) in [4.78, 5) is 5.15. The first-order chi connectivity index (χ1) is 15.9. The minimum absolute atomic E-state index is 0.178. The van der Waals surface area contributed by atoms with E-state index in [9.17, 15) is 10.2 Å². The van der Waals surface area contributed by atoms with Crippen molar-refractivity contribution in [2.45, 2.75) is 76.0 Å². The van der Waals surface area contributed by atoms with Crippen molar-refractivity contribution < 1.29 is 10.2 Å². The second-order valence-electron chi connectivity index (χ2n) is 11.3. The highest BCUT2D eigenvalue weighted by Gasteiger charge is 2.63. The molecule has 2 bridgehead atoms. The fourth-order valence-electron chi connectivity index (χ4n) is 7.15. The normalized spacial score (nSPS) is 32.3. The van der Waals surface area contributed by atoms with Crippen molar-refractivity contribution in [1.29, 1.82) is 0 Å². The quantitative estimate of drug-likeness (QED) is 0.733. The molecule has 2 aliphatic heterocycles. The van der Waals surface area contributed by atoms with Crippen LogP contribution in [0.4, 0.5) is 0 Å². The zero-order valence-electron chi connectivity index (χ0n) is 20.1. The molecule has 3 fully saturated rings. The van der Waals surface area contributed by atoms with Crippen LogP contribution in [0.25, 0.3) is 0 Å². The number of fused-ring (bicyclic) bond motifs is 1. The lowest BCUT2D eigenvalue weighted by Gasteiger charge is -2.61. The van der Waals surface area contributed by atoms with E-state index in [0.29, 0.717) is 5.75 Å². The molecule has 3 heterocycles. The Hall–Kier alpha value is -1.89. The summed E-state index contributed by atoms with van der Waals surface area (Å²) in [7, 11) is 0. The molecule has 0 radical (unpaired) electrons. The summed E-state index contributed by atoms with van der Waals surface area (Å²) < 4.78 is 2.03. The van der Waals surface area contributed by atoms with Gasteiger partial charge in [-0.1, -0.05) is 6.07 Å². The van der Waals surface area contributed by atoms with Gasteiger partial charge in [0, 0.05) is 37.3 Å². The van der Waals surface area contributed by atoms with Crippen LogP contribution in [0.3, 0.4) is 0 Å². The summed E-state index contributed by atoms with van der Waals surface area (Å²) in [5.41, 5.74) is 3.70. The summed E-state index contributed by atoms with van der Waals surface area (Å²) in [6.07, 6.45) is 10.3. The van der Waals surface area contributed by atoms with Gasteiger partial charge < -0.3 is 15.1 Å². The number of benzene rings is 1. The third kappa shape index (κ3) is 3.53. The number of rotatable bonds is 5. The van der Waals surface area contributed by atoms with E-state index >= 15 is 0 Å². The average Bonchev–Trinajstić information content (AvgIpc) is 3.53. The number of aryl methyl sites for hydroxylation is 2. The van der Waals surface area contributed by atoms with Gasteiger partial charge in [-0.25, -0.2) is 0 Å². The maximum atomic E-state index is 12.6. The largest absolute Gasteiger partial charge is 0.508 e. The van der Waals surface area contributed by atoms with Crippen LogP contribution in [-0.4, -0.2) is 74.2 Å². The number of piperidine rings is 1. The minimum atomic E-state index is -0.744. The number of hydrogen-bond donors (Lipinski definition) is 2. The zero-order valence-corrected chi connectivity index (χ0v) is 20.1. The van der Waals surface area contributed by atoms with E-state index in [2.05, 4.69) is 34.1 Å². The first-order valence-corrected chi connectivity index (χ1v) is 12.9. The van der Waals surface area contributed by atoms with E-state index in [1.165, 1.54) is 29.5 Å². The van der Waals surface area contributed by atoms with Crippen molar-refractivity contribution in [3.8, 4) is 5.75 Å².